The van der Waals surface area contributed by atoms with Gasteiger partial charge < -0.3 is 8.98 Å². The van der Waals surface area contributed by atoms with Crippen LogP contribution in [0.4, 0.5) is 13.2 Å². The minimum absolute atomic E-state index is 0.150. The van der Waals surface area contributed by atoms with Crippen LogP contribution in [0.3, 0.4) is 0 Å². The van der Waals surface area contributed by atoms with Crippen LogP contribution in [0.2, 0.25) is 0 Å². The number of aryl methyl sites for hydroxylation is 1. The Labute approximate surface area is 224 Å². The first kappa shape index (κ1) is 25.3. The zero-order valence-electron chi connectivity index (χ0n) is 21.7. The molecule has 0 aliphatic carbocycles. The van der Waals surface area contributed by atoms with Crippen molar-refractivity contribution in [3.05, 3.63) is 78.1 Å². The highest BCUT2D eigenvalue weighted by atomic mass is 19.4. The van der Waals surface area contributed by atoms with Crippen LogP contribution in [-0.4, -0.2) is 37.7 Å². The molecule has 5 aromatic rings. The summed E-state index contributed by atoms with van der Waals surface area (Å²) in [6.07, 6.45) is -0.714. The summed E-state index contributed by atoms with van der Waals surface area (Å²) in [5, 5.41) is 8.23. The number of rotatable bonds is 5. The summed E-state index contributed by atoms with van der Waals surface area (Å²) in [5.74, 6) is 1.40. The Bertz CT molecular complexity index is 1640. The van der Waals surface area contributed by atoms with Crippen molar-refractivity contribution in [2.24, 2.45) is 13.0 Å². The van der Waals surface area contributed by atoms with Crippen LogP contribution in [0, 0.1) is 5.92 Å². The number of aromatic nitrogens is 4. The highest BCUT2D eigenvalue weighted by Crippen LogP contribution is 2.39. The van der Waals surface area contributed by atoms with Crippen molar-refractivity contribution in [1.82, 2.24) is 24.6 Å². The summed E-state index contributed by atoms with van der Waals surface area (Å²) >= 11 is 0. The van der Waals surface area contributed by atoms with E-state index >= 15 is 0 Å². The van der Waals surface area contributed by atoms with Gasteiger partial charge in [0.05, 0.1) is 0 Å². The molecule has 39 heavy (non-hydrogen) atoms. The van der Waals surface area contributed by atoms with Gasteiger partial charge in [0.15, 0.2) is 11.4 Å². The van der Waals surface area contributed by atoms with E-state index in [1.807, 2.05) is 54.1 Å². The molecule has 9 heteroatoms. The molecule has 0 bridgehead atoms. The van der Waals surface area contributed by atoms with E-state index in [1.54, 1.807) is 18.5 Å². The first-order valence-electron chi connectivity index (χ1n) is 13.0. The van der Waals surface area contributed by atoms with Crippen LogP contribution in [0.15, 0.2) is 71.4 Å². The zero-order chi connectivity index (χ0) is 27.1. The molecule has 1 fully saturated rings. The molecule has 0 radical (unpaired) electrons. The van der Waals surface area contributed by atoms with Gasteiger partial charge in [0.2, 0.25) is 5.89 Å². The number of nitrogens with zero attached hydrogens (tertiary/aromatic N) is 5. The third-order valence-electron chi connectivity index (χ3n) is 7.30. The minimum atomic E-state index is -4.56. The lowest BCUT2D eigenvalue weighted by Gasteiger charge is -2.30. The van der Waals surface area contributed by atoms with Gasteiger partial charge in [-0.05, 0) is 66.3 Å². The molecule has 0 saturated carbocycles. The summed E-state index contributed by atoms with van der Waals surface area (Å²) in [4.78, 5) is 6.75. The van der Waals surface area contributed by atoms with E-state index in [4.69, 9.17) is 4.42 Å². The normalized spacial score (nSPS) is 16.7. The molecule has 1 aliphatic heterocycles. The Morgan fingerprint density at radius 2 is 1.79 bits per heavy atom. The topological polar surface area (TPSA) is 60.0 Å². The third kappa shape index (κ3) is 5.06. The first-order chi connectivity index (χ1) is 18.8. The molecule has 200 valence electrons. The van der Waals surface area contributed by atoms with Crippen molar-refractivity contribution in [2.45, 2.75) is 32.5 Å². The van der Waals surface area contributed by atoms with Gasteiger partial charge in [-0.25, -0.2) is 4.98 Å². The lowest BCUT2D eigenvalue weighted by molar-refractivity contribution is -0.136. The van der Waals surface area contributed by atoms with E-state index in [2.05, 4.69) is 27.0 Å². The number of likely N-dealkylation sites (tertiary alicyclic amines) is 1. The predicted octanol–water partition coefficient (Wildman–Crippen LogP) is 7.21. The molecule has 0 amide bonds. The Morgan fingerprint density at radius 3 is 2.54 bits per heavy atom. The quantitative estimate of drug-likeness (QED) is 0.240. The summed E-state index contributed by atoms with van der Waals surface area (Å²) in [7, 11) is 1.87. The second-order valence-electron chi connectivity index (χ2n) is 10.4. The van der Waals surface area contributed by atoms with Crippen LogP contribution in [-0.2, 0) is 19.8 Å². The average Bonchev–Trinajstić information content (AvgIpc) is 3.54. The molecule has 0 spiro atoms. The molecule has 3 heterocycles. The first-order valence-corrected chi connectivity index (χ1v) is 13.0. The van der Waals surface area contributed by atoms with E-state index < -0.39 is 11.7 Å². The van der Waals surface area contributed by atoms with E-state index in [9.17, 15) is 13.2 Å². The van der Waals surface area contributed by atoms with Gasteiger partial charge in [-0.3, -0.25) is 4.90 Å². The minimum Gasteiger partial charge on any atom is -0.435 e. The number of oxazole rings is 1. The van der Waals surface area contributed by atoms with Crippen LogP contribution in [0.5, 0.6) is 0 Å². The van der Waals surface area contributed by atoms with Crippen molar-refractivity contribution in [3.8, 4) is 34.0 Å². The number of piperidine rings is 1. The van der Waals surface area contributed by atoms with E-state index in [1.165, 1.54) is 6.07 Å². The van der Waals surface area contributed by atoms with E-state index in [0.29, 0.717) is 29.4 Å². The summed E-state index contributed by atoms with van der Waals surface area (Å²) in [5.41, 5.74) is 3.05. The third-order valence-corrected chi connectivity index (χ3v) is 7.30. The molecule has 6 nitrogen and oxygen atoms in total. The van der Waals surface area contributed by atoms with Gasteiger partial charge in [0.25, 0.3) is 0 Å². The number of fused-ring (bicyclic) bond motifs is 1. The largest absolute Gasteiger partial charge is 0.435 e. The lowest BCUT2D eigenvalue weighted by Crippen LogP contribution is -2.33. The average molecular weight is 532 g/mol. The van der Waals surface area contributed by atoms with Gasteiger partial charge in [0.1, 0.15) is 17.4 Å². The molecule has 2 aromatic heterocycles. The smallest absolute Gasteiger partial charge is 0.420 e. The maximum Gasteiger partial charge on any atom is 0.420 e. The standard InChI is InChI=1S/C30H28F3N5O/c1-19-7-6-12-38(16-19)17-20-13-25(30(31,32)33)27-26(14-20)35-29(39-27)22-9-5-8-21(15-22)23-10-3-4-11-24(23)28-36-34-18-37(28)2/h3-5,8-11,13-15,18-19H,6-7,12,16-17H2,1-2H3/t19-/m1/s1. The van der Waals surface area contributed by atoms with Gasteiger partial charge >= 0.3 is 6.18 Å². The fraction of sp³-hybridized carbons (Fsp3) is 0.300. The Hall–Kier alpha value is -3.98. The Kier molecular flexibility index (Phi) is 6.46. The molecule has 1 saturated heterocycles. The Balaban J connectivity index is 1.40. The SMILES string of the molecule is C[C@@H]1CCCN(Cc2cc(C(F)(F)F)c3oc(-c4cccc(-c5ccccc5-c5nncn5C)c4)nc3c2)C1. The van der Waals surface area contributed by atoms with Gasteiger partial charge in [-0.2, -0.15) is 13.2 Å². The second kappa shape index (κ2) is 9.96. The maximum atomic E-state index is 14.1. The molecule has 1 atom stereocenters. The van der Waals surface area contributed by atoms with Crippen LogP contribution < -0.4 is 0 Å². The van der Waals surface area contributed by atoms with Gasteiger partial charge in [-0.15, -0.1) is 10.2 Å². The number of alkyl halides is 3. The van der Waals surface area contributed by atoms with Crippen molar-refractivity contribution >= 4 is 11.1 Å². The van der Waals surface area contributed by atoms with Gasteiger partial charge in [-0.1, -0.05) is 43.3 Å². The highest BCUT2D eigenvalue weighted by Gasteiger charge is 2.36. The van der Waals surface area contributed by atoms with Crippen LogP contribution in [0.25, 0.3) is 45.1 Å². The maximum absolute atomic E-state index is 14.1. The van der Waals surface area contributed by atoms with Crippen LogP contribution in [0.1, 0.15) is 30.9 Å². The molecule has 3 aromatic carbocycles. The molecular weight excluding hydrogens is 503 g/mol. The number of halogens is 3. The Morgan fingerprint density at radius 1 is 1.00 bits per heavy atom. The van der Waals surface area contributed by atoms with E-state index in [-0.39, 0.29) is 17.0 Å². The second-order valence-corrected chi connectivity index (χ2v) is 10.4. The van der Waals surface area contributed by atoms with Crippen LogP contribution >= 0.6 is 0 Å². The fourth-order valence-electron chi connectivity index (χ4n) is 5.48. The van der Waals surface area contributed by atoms with Crippen molar-refractivity contribution < 1.29 is 17.6 Å². The number of hydrogen-bond acceptors (Lipinski definition) is 5. The molecule has 1 aliphatic rings. The lowest BCUT2D eigenvalue weighted by atomic mass is 9.97. The van der Waals surface area contributed by atoms with Crippen molar-refractivity contribution in [2.75, 3.05) is 13.1 Å². The van der Waals surface area contributed by atoms with Gasteiger partial charge in [0, 0.05) is 31.3 Å². The zero-order valence-corrected chi connectivity index (χ0v) is 21.7. The monoisotopic (exact) mass is 531 g/mol. The summed E-state index contributed by atoms with van der Waals surface area (Å²) in [6.45, 7) is 4.41. The van der Waals surface area contributed by atoms with Crippen molar-refractivity contribution in [1.29, 1.82) is 0 Å². The van der Waals surface area contributed by atoms with Crippen molar-refractivity contribution in [3.63, 3.8) is 0 Å². The van der Waals surface area contributed by atoms with E-state index in [0.717, 1.165) is 42.6 Å². The fourth-order valence-corrected chi connectivity index (χ4v) is 5.48. The molecule has 0 N–H and O–H groups in total. The highest BCUT2D eigenvalue weighted by molar-refractivity contribution is 5.84. The molecular formula is C30H28F3N5O. The predicted molar refractivity (Wildman–Crippen MR) is 144 cm³/mol. The number of hydrogen-bond donors (Lipinski definition) is 0. The molecule has 6 rings (SSSR count). The molecule has 0 unspecified atom stereocenters. The summed E-state index contributed by atoms with van der Waals surface area (Å²) < 4.78 is 50.1. The summed E-state index contributed by atoms with van der Waals surface area (Å²) in [6, 6.07) is 18.2. The number of benzene rings is 3.